The van der Waals surface area contributed by atoms with Gasteiger partial charge in [-0.15, -0.1) is 0 Å². The average Bonchev–Trinajstić information content (AvgIpc) is 2.38. The average molecular weight is 302 g/mol. The van der Waals surface area contributed by atoms with Crippen LogP contribution in [0.2, 0.25) is 0 Å². The minimum Gasteiger partial charge on any atom is -0.327 e. The lowest BCUT2D eigenvalue weighted by Gasteiger charge is -2.21. The van der Waals surface area contributed by atoms with Crippen molar-refractivity contribution >= 4 is 10.0 Å². The van der Waals surface area contributed by atoms with Crippen molar-refractivity contribution < 1.29 is 12.8 Å². The summed E-state index contributed by atoms with van der Waals surface area (Å²) in [5.41, 5.74) is 6.33. The van der Waals surface area contributed by atoms with Gasteiger partial charge in [-0.05, 0) is 37.0 Å². The van der Waals surface area contributed by atoms with Crippen LogP contribution >= 0.6 is 0 Å². The van der Waals surface area contributed by atoms with Crippen LogP contribution in [0.4, 0.5) is 4.39 Å². The van der Waals surface area contributed by atoms with E-state index in [-0.39, 0.29) is 10.9 Å². The van der Waals surface area contributed by atoms with E-state index in [4.69, 9.17) is 5.73 Å². The normalized spacial score (nSPS) is 14.0. The standard InChI is InChI=1S/C14H23FN2O2S/c1-10(2)14(16)7-8-17(4)20(18,19)12-6-5-11(3)13(15)9-12/h5-6,9-10,14H,7-8,16H2,1-4H3. The van der Waals surface area contributed by atoms with E-state index in [0.29, 0.717) is 24.4 Å². The fourth-order valence-electron chi connectivity index (χ4n) is 1.70. The Morgan fingerprint density at radius 1 is 1.35 bits per heavy atom. The van der Waals surface area contributed by atoms with Crippen LogP contribution in [0.3, 0.4) is 0 Å². The molecule has 114 valence electrons. The van der Waals surface area contributed by atoms with E-state index >= 15 is 0 Å². The molecule has 0 amide bonds. The van der Waals surface area contributed by atoms with Crippen LogP contribution in [0, 0.1) is 18.7 Å². The van der Waals surface area contributed by atoms with Crippen molar-refractivity contribution in [2.75, 3.05) is 13.6 Å². The Hall–Kier alpha value is -0.980. The van der Waals surface area contributed by atoms with Crippen LogP contribution in [0.1, 0.15) is 25.8 Å². The van der Waals surface area contributed by atoms with E-state index in [1.165, 1.54) is 23.5 Å². The topological polar surface area (TPSA) is 63.4 Å². The molecule has 0 saturated carbocycles. The number of hydrogen-bond donors (Lipinski definition) is 1. The second kappa shape index (κ2) is 6.65. The zero-order valence-corrected chi connectivity index (χ0v) is 13.2. The lowest BCUT2D eigenvalue weighted by molar-refractivity contribution is 0.397. The van der Waals surface area contributed by atoms with E-state index in [1.807, 2.05) is 13.8 Å². The van der Waals surface area contributed by atoms with Gasteiger partial charge < -0.3 is 5.73 Å². The monoisotopic (exact) mass is 302 g/mol. The molecule has 20 heavy (non-hydrogen) atoms. The minimum atomic E-state index is -3.66. The predicted octanol–water partition coefficient (Wildman–Crippen LogP) is 2.13. The summed E-state index contributed by atoms with van der Waals surface area (Å²) in [5, 5.41) is 0. The second-order valence-electron chi connectivity index (χ2n) is 5.43. The van der Waals surface area contributed by atoms with Gasteiger partial charge >= 0.3 is 0 Å². The molecule has 0 aliphatic rings. The highest BCUT2D eigenvalue weighted by Gasteiger charge is 2.22. The summed E-state index contributed by atoms with van der Waals surface area (Å²) in [5.74, 6) is -0.221. The third-order valence-electron chi connectivity index (χ3n) is 3.49. The van der Waals surface area contributed by atoms with Crippen LogP contribution in [0.25, 0.3) is 0 Å². The highest BCUT2D eigenvalue weighted by molar-refractivity contribution is 7.89. The molecule has 2 N–H and O–H groups in total. The SMILES string of the molecule is Cc1ccc(S(=O)(=O)N(C)CCC(N)C(C)C)cc1F. The third-order valence-corrected chi connectivity index (χ3v) is 5.34. The fourth-order valence-corrected chi connectivity index (χ4v) is 2.90. The molecule has 0 saturated heterocycles. The lowest BCUT2D eigenvalue weighted by Crippen LogP contribution is -2.34. The van der Waals surface area contributed by atoms with Crippen molar-refractivity contribution in [2.24, 2.45) is 11.7 Å². The summed E-state index contributed by atoms with van der Waals surface area (Å²) in [4.78, 5) is -0.0266. The number of hydrogen-bond acceptors (Lipinski definition) is 3. The minimum absolute atomic E-state index is 0.0266. The van der Waals surface area contributed by atoms with Gasteiger partial charge in [-0.3, -0.25) is 0 Å². The summed E-state index contributed by atoms with van der Waals surface area (Å²) in [6.07, 6.45) is 0.571. The van der Waals surface area contributed by atoms with E-state index in [1.54, 1.807) is 6.92 Å². The van der Waals surface area contributed by atoms with Gasteiger partial charge in [0.25, 0.3) is 0 Å². The maximum absolute atomic E-state index is 13.5. The molecule has 0 heterocycles. The Balaban J connectivity index is 2.84. The highest BCUT2D eigenvalue weighted by atomic mass is 32.2. The number of benzene rings is 1. The number of rotatable bonds is 6. The molecule has 1 aromatic carbocycles. The van der Waals surface area contributed by atoms with Crippen molar-refractivity contribution in [3.63, 3.8) is 0 Å². The van der Waals surface area contributed by atoms with Gasteiger partial charge in [-0.1, -0.05) is 19.9 Å². The summed E-state index contributed by atoms with van der Waals surface area (Å²) in [7, 11) is -2.18. The van der Waals surface area contributed by atoms with Gasteiger partial charge in [0.15, 0.2) is 0 Å². The maximum atomic E-state index is 13.5. The molecule has 1 rings (SSSR count). The Morgan fingerprint density at radius 2 is 1.95 bits per heavy atom. The zero-order valence-electron chi connectivity index (χ0n) is 12.4. The zero-order chi connectivity index (χ0) is 15.5. The van der Waals surface area contributed by atoms with Crippen LogP contribution in [0.15, 0.2) is 23.1 Å². The molecule has 1 unspecified atom stereocenters. The molecular formula is C14H23FN2O2S. The van der Waals surface area contributed by atoms with Gasteiger partial charge in [-0.2, -0.15) is 0 Å². The summed E-state index contributed by atoms with van der Waals surface area (Å²) < 4.78 is 39.3. The molecule has 0 aliphatic heterocycles. The van der Waals surface area contributed by atoms with E-state index < -0.39 is 15.8 Å². The predicted molar refractivity (Wildman–Crippen MR) is 78.4 cm³/mol. The Morgan fingerprint density at radius 3 is 2.45 bits per heavy atom. The van der Waals surface area contributed by atoms with Crippen LogP contribution in [0.5, 0.6) is 0 Å². The first-order valence-corrected chi connectivity index (χ1v) is 8.08. The van der Waals surface area contributed by atoms with Crippen molar-refractivity contribution in [3.8, 4) is 0 Å². The molecule has 0 radical (unpaired) electrons. The molecule has 0 aromatic heterocycles. The number of halogens is 1. The molecule has 1 atom stereocenters. The first-order chi connectivity index (χ1) is 9.16. The van der Waals surface area contributed by atoms with Crippen LogP contribution in [-0.2, 0) is 10.0 Å². The molecule has 0 aliphatic carbocycles. The smallest absolute Gasteiger partial charge is 0.242 e. The van der Waals surface area contributed by atoms with Crippen LogP contribution < -0.4 is 5.73 Å². The van der Waals surface area contributed by atoms with Gasteiger partial charge in [0.05, 0.1) is 4.90 Å². The second-order valence-corrected chi connectivity index (χ2v) is 7.48. The van der Waals surface area contributed by atoms with Gasteiger partial charge in [0, 0.05) is 19.6 Å². The number of aryl methyl sites for hydroxylation is 1. The molecule has 1 aromatic rings. The first-order valence-electron chi connectivity index (χ1n) is 6.64. The van der Waals surface area contributed by atoms with Crippen LogP contribution in [-0.4, -0.2) is 32.4 Å². The molecule has 4 nitrogen and oxygen atoms in total. The summed E-state index contributed by atoms with van der Waals surface area (Å²) in [6, 6.07) is 3.90. The number of nitrogens with zero attached hydrogens (tertiary/aromatic N) is 1. The van der Waals surface area contributed by atoms with E-state index in [9.17, 15) is 12.8 Å². The molecule has 0 fully saturated rings. The fraction of sp³-hybridized carbons (Fsp3) is 0.571. The Kier molecular flexibility index (Phi) is 5.68. The van der Waals surface area contributed by atoms with Gasteiger partial charge in [0.1, 0.15) is 5.82 Å². The number of sulfonamides is 1. The largest absolute Gasteiger partial charge is 0.327 e. The van der Waals surface area contributed by atoms with E-state index in [2.05, 4.69) is 0 Å². The van der Waals surface area contributed by atoms with Gasteiger partial charge in [0.2, 0.25) is 10.0 Å². The Labute approximate surface area is 120 Å². The first kappa shape index (κ1) is 17.1. The lowest BCUT2D eigenvalue weighted by atomic mass is 10.0. The summed E-state index contributed by atoms with van der Waals surface area (Å²) in [6.45, 7) is 5.90. The Bertz CT molecular complexity index is 558. The molecular weight excluding hydrogens is 279 g/mol. The van der Waals surface area contributed by atoms with Gasteiger partial charge in [-0.25, -0.2) is 17.1 Å². The van der Waals surface area contributed by atoms with Crippen molar-refractivity contribution in [2.45, 2.75) is 38.1 Å². The quantitative estimate of drug-likeness (QED) is 0.875. The van der Waals surface area contributed by atoms with Crippen molar-refractivity contribution in [1.29, 1.82) is 0 Å². The molecule has 0 spiro atoms. The number of nitrogens with two attached hydrogens (primary N) is 1. The summed E-state index contributed by atoms with van der Waals surface area (Å²) >= 11 is 0. The van der Waals surface area contributed by atoms with Crippen molar-refractivity contribution in [3.05, 3.63) is 29.6 Å². The van der Waals surface area contributed by atoms with E-state index in [0.717, 1.165) is 6.07 Å². The van der Waals surface area contributed by atoms with Crippen molar-refractivity contribution in [1.82, 2.24) is 4.31 Å². The third kappa shape index (κ3) is 4.01. The molecule has 0 bridgehead atoms. The molecule has 6 heteroatoms. The maximum Gasteiger partial charge on any atom is 0.242 e. The highest BCUT2D eigenvalue weighted by Crippen LogP contribution is 2.18.